The summed E-state index contributed by atoms with van der Waals surface area (Å²) in [6.07, 6.45) is 0. The van der Waals surface area contributed by atoms with Crippen LogP contribution in [0.1, 0.15) is 28.4 Å². The van der Waals surface area contributed by atoms with Crippen LogP contribution < -0.4 is 10.1 Å². The van der Waals surface area contributed by atoms with Crippen molar-refractivity contribution in [1.29, 1.82) is 0 Å². The second kappa shape index (κ2) is 9.43. The smallest absolute Gasteiger partial charge is 0.338 e. The predicted molar refractivity (Wildman–Crippen MR) is 107 cm³/mol. The van der Waals surface area contributed by atoms with Crippen molar-refractivity contribution in [2.24, 2.45) is 0 Å². The van der Waals surface area contributed by atoms with Crippen LogP contribution in [0.15, 0.2) is 78.9 Å². The van der Waals surface area contributed by atoms with Gasteiger partial charge in [0.2, 0.25) is 0 Å². The summed E-state index contributed by atoms with van der Waals surface area (Å²) in [6, 6.07) is 25.4. The van der Waals surface area contributed by atoms with E-state index < -0.39 is 0 Å². The van der Waals surface area contributed by atoms with Gasteiger partial charge >= 0.3 is 5.97 Å². The van der Waals surface area contributed by atoms with E-state index in [0.717, 1.165) is 22.6 Å². The van der Waals surface area contributed by atoms with Crippen molar-refractivity contribution in [2.75, 3.05) is 11.9 Å². The van der Waals surface area contributed by atoms with Gasteiger partial charge in [-0.2, -0.15) is 0 Å². The zero-order valence-corrected chi connectivity index (χ0v) is 15.4. The predicted octanol–water partition coefficient (Wildman–Crippen LogP) is 5.05. The highest BCUT2D eigenvalue weighted by molar-refractivity contribution is 5.89. The van der Waals surface area contributed by atoms with E-state index in [-0.39, 0.29) is 5.97 Å². The second-order valence-electron chi connectivity index (χ2n) is 6.03. The number of rotatable bonds is 8. The summed E-state index contributed by atoms with van der Waals surface area (Å²) >= 11 is 0. The molecule has 0 saturated heterocycles. The van der Waals surface area contributed by atoms with E-state index in [9.17, 15) is 4.79 Å². The second-order valence-corrected chi connectivity index (χ2v) is 6.03. The molecular weight excluding hydrogens is 338 g/mol. The fourth-order valence-corrected chi connectivity index (χ4v) is 2.66. The molecule has 138 valence electrons. The van der Waals surface area contributed by atoms with Crippen LogP contribution in [0.25, 0.3) is 0 Å². The maximum absolute atomic E-state index is 11.7. The highest BCUT2D eigenvalue weighted by Crippen LogP contribution is 2.21. The fraction of sp³-hybridized carbons (Fsp3) is 0.174. The molecule has 0 aliphatic heterocycles. The fourth-order valence-electron chi connectivity index (χ4n) is 2.66. The molecule has 4 heteroatoms. The van der Waals surface area contributed by atoms with Gasteiger partial charge in [0, 0.05) is 17.8 Å². The number of hydrogen-bond acceptors (Lipinski definition) is 4. The Kier molecular flexibility index (Phi) is 6.47. The van der Waals surface area contributed by atoms with E-state index >= 15 is 0 Å². The van der Waals surface area contributed by atoms with Crippen LogP contribution in [-0.4, -0.2) is 12.6 Å². The molecule has 3 rings (SSSR count). The molecule has 0 fully saturated rings. The van der Waals surface area contributed by atoms with Crippen LogP contribution in [-0.2, 0) is 17.9 Å². The van der Waals surface area contributed by atoms with E-state index in [0.29, 0.717) is 25.3 Å². The molecule has 4 nitrogen and oxygen atoms in total. The van der Waals surface area contributed by atoms with E-state index in [2.05, 4.69) is 5.32 Å². The molecule has 0 unspecified atom stereocenters. The van der Waals surface area contributed by atoms with E-state index in [4.69, 9.17) is 9.47 Å². The lowest BCUT2D eigenvalue weighted by Gasteiger charge is -2.13. The third kappa shape index (κ3) is 5.35. The zero-order valence-electron chi connectivity index (χ0n) is 15.4. The minimum absolute atomic E-state index is 0.302. The van der Waals surface area contributed by atoms with Crippen LogP contribution in [0.5, 0.6) is 5.75 Å². The van der Waals surface area contributed by atoms with Gasteiger partial charge in [-0.3, -0.25) is 0 Å². The van der Waals surface area contributed by atoms with Gasteiger partial charge in [0.1, 0.15) is 12.4 Å². The number of ether oxygens (including phenoxy) is 2. The molecule has 0 radical (unpaired) electrons. The van der Waals surface area contributed by atoms with Crippen LogP contribution in [0, 0.1) is 0 Å². The molecule has 3 aromatic carbocycles. The Morgan fingerprint density at radius 2 is 1.59 bits per heavy atom. The van der Waals surface area contributed by atoms with Gasteiger partial charge in [0.15, 0.2) is 0 Å². The van der Waals surface area contributed by atoms with Crippen LogP contribution in [0.4, 0.5) is 5.69 Å². The Hall–Kier alpha value is -3.27. The lowest BCUT2D eigenvalue weighted by molar-refractivity contribution is 0.0526. The van der Waals surface area contributed by atoms with Gasteiger partial charge in [-0.15, -0.1) is 0 Å². The van der Waals surface area contributed by atoms with Gasteiger partial charge < -0.3 is 14.8 Å². The Labute approximate surface area is 159 Å². The number of benzene rings is 3. The molecule has 0 aliphatic carbocycles. The molecule has 0 heterocycles. The van der Waals surface area contributed by atoms with E-state index in [1.165, 1.54) is 0 Å². The molecule has 0 spiro atoms. The van der Waals surface area contributed by atoms with Gasteiger partial charge in [-0.25, -0.2) is 4.79 Å². The van der Waals surface area contributed by atoms with Crippen LogP contribution in [0.2, 0.25) is 0 Å². The first kappa shape index (κ1) is 18.5. The minimum atomic E-state index is -0.302. The first-order valence-corrected chi connectivity index (χ1v) is 9.02. The summed E-state index contributed by atoms with van der Waals surface area (Å²) in [5.74, 6) is 0.556. The van der Waals surface area contributed by atoms with Crippen molar-refractivity contribution in [3.8, 4) is 5.75 Å². The van der Waals surface area contributed by atoms with E-state index in [1.807, 2.05) is 66.7 Å². The quantitative estimate of drug-likeness (QED) is 0.570. The zero-order chi connectivity index (χ0) is 18.9. The van der Waals surface area contributed by atoms with Crippen LogP contribution >= 0.6 is 0 Å². The van der Waals surface area contributed by atoms with Crippen molar-refractivity contribution in [2.45, 2.75) is 20.1 Å². The average Bonchev–Trinajstić information content (AvgIpc) is 2.72. The Bertz CT molecular complexity index is 860. The summed E-state index contributed by atoms with van der Waals surface area (Å²) in [5, 5.41) is 3.37. The number of carbonyl (C=O) groups is 1. The Balaban J connectivity index is 1.60. The summed E-state index contributed by atoms with van der Waals surface area (Å²) in [7, 11) is 0. The molecule has 0 amide bonds. The minimum Gasteiger partial charge on any atom is -0.489 e. The first-order chi connectivity index (χ1) is 13.3. The highest BCUT2D eigenvalue weighted by atomic mass is 16.5. The maximum atomic E-state index is 11.7. The number of carbonyl (C=O) groups excluding carboxylic acids is 1. The third-order valence-corrected chi connectivity index (χ3v) is 4.09. The Morgan fingerprint density at radius 1 is 0.889 bits per heavy atom. The third-order valence-electron chi connectivity index (χ3n) is 4.09. The average molecular weight is 361 g/mol. The number of hydrogen-bond donors (Lipinski definition) is 1. The van der Waals surface area contributed by atoms with Crippen molar-refractivity contribution in [3.63, 3.8) is 0 Å². The van der Waals surface area contributed by atoms with Gasteiger partial charge in [0.05, 0.1) is 12.2 Å². The molecule has 1 N–H and O–H groups in total. The summed E-state index contributed by atoms with van der Waals surface area (Å²) in [4.78, 5) is 11.7. The monoisotopic (exact) mass is 361 g/mol. The molecule has 0 bridgehead atoms. The number of para-hydroxylation sites is 1. The van der Waals surface area contributed by atoms with Gasteiger partial charge in [-0.1, -0.05) is 48.5 Å². The largest absolute Gasteiger partial charge is 0.489 e. The first-order valence-electron chi connectivity index (χ1n) is 9.02. The molecular formula is C23H23NO3. The molecule has 0 aliphatic rings. The molecule has 27 heavy (non-hydrogen) atoms. The van der Waals surface area contributed by atoms with Crippen LogP contribution in [0.3, 0.4) is 0 Å². The summed E-state index contributed by atoms with van der Waals surface area (Å²) in [5.41, 5.74) is 3.69. The number of esters is 1. The molecule has 0 saturated carbocycles. The van der Waals surface area contributed by atoms with Crippen molar-refractivity contribution < 1.29 is 14.3 Å². The molecule has 0 atom stereocenters. The van der Waals surface area contributed by atoms with Crippen molar-refractivity contribution >= 4 is 11.7 Å². The number of nitrogens with one attached hydrogen (secondary N) is 1. The van der Waals surface area contributed by atoms with E-state index in [1.54, 1.807) is 19.1 Å². The standard InChI is InChI=1S/C23H23NO3/c1-2-26-23(25)19-12-14-21(15-13-19)24-16-20-10-6-7-11-22(20)27-17-18-8-4-3-5-9-18/h3-15,24H,2,16-17H2,1H3. The van der Waals surface area contributed by atoms with Crippen molar-refractivity contribution in [1.82, 2.24) is 0 Å². The topological polar surface area (TPSA) is 47.6 Å². The van der Waals surface area contributed by atoms with Gasteiger partial charge in [0.25, 0.3) is 0 Å². The van der Waals surface area contributed by atoms with Crippen molar-refractivity contribution in [3.05, 3.63) is 95.6 Å². The highest BCUT2D eigenvalue weighted by Gasteiger charge is 2.07. The summed E-state index contributed by atoms with van der Waals surface area (Å²) < 4.78 is 11.0. The van der Waals surface area contributed by atoms with Gasteiger partial charge in [-0.05, 0) is 42.8 Å². The summed E-state index contributed by atoms with van der Waals surface area (Å²) in [6.45, 7) is 3.33. The lowest BCUT2D eigenvalue weighted by Crippen LogP contribution is -2.06. The lowest BCUT2D eigenvalue weighted by atomic mass is 10.1. The Morgan fingerprint density at radius 3 is 2.33 bits per heavy atom. The maximum Gasteiger partial charge on any atom is 0.338 e. The SMILES string of the molecule is CCOC(=O)c1ccc(NCc2ccccc2OCc2ccccc2)cc1. The normalized spacial score (nSPS) is 10.3. The molecule has 3 aromatic rings. The number of anilines is 1. The molecule has 0 aromatic heterocycles.